The molecule has 2 aliphatic rings. The summed E-state index contributed by atoms with van der Waals surface area (Å²) in [5.74, 6) is 0. The van der Waals surface area contributed by atoms with Crippen molar-refractivity contribution in [3.05, 3.63) is 46.0 Å². The Morgan fingerprint density at radius 1 is 1.25 bits per heavy atom. The number of hydrogen-bond acceptors (Lipinski definition) is 5. The normalized spacial score (nSPS) is 23.1. The highest BCUT2D eigenvalue weighted by Gasteiger charge is 2.33. The van der Waals surface area contributed by atoms with Crippen molar-refractivity contribution in [3.8, 4) is 0 Å². The maximum absolute atomic E-state index is 12.4. The molecule has 4 rings (SSSR count). The molecule has 2 aliphatic heterocycles. The van der Waals surface area contributed by atoms with Gasteiger partial charge in [0.1, 0.15) is 5.65 Å². The van der Waals surface area contributed by atoms with Gasteiger partial charge in [0.2, 0.25) is 0 Å². The molecule has 0 aliphatic carbocycles. The zero-order valence-electron chi connectivity index (χ0n) is 14.0. The average Bonchev–Trinajstić information content (AvgIpc) is 3.10. The number of ether oxygens (including phenoxy) is 2. The highest BCUT2D eigenvalue weighted by molar-refractivity contribution is 5.39. The van der Waals surface area contributed by atoms with E-state index in [9.17, 15) is 4.79 Å². The molecular formula is C18H23N3O3. The van der Waals surface area contributed by atoms with Crippen molar-refractivity contribution < 1.29 is 9.47 Å². The summed E-state index contributed by atoms with van der Waals surface area (Å²) < 4.78 is 13.0. The number of likely N-dealkylation sites (tertiary alicyclic amines) is 1. The van der Waals surface area contributed by atoms with Crippen LogP contribution < -0.4 is 5.56 Å². The van der Waals surface area contributed by atoms with Crippen LogP contribution >= 0.6 is 0 Å². The second kappa shape index (κ2) is 6.63. The van der Waals surface area contributed by atoms with Crippen LogP contribution in [0.25, 0.3) is 5.65 Å². The van der Waals surface area contributed by atoms with Crippen LogP contribution in [0.1, 0.15) is 30.5 Å². The quantitative estimate of drug-likeness (QED) is 0.858. The molecule has 2 fully saturated rings. The lowest BCUT2D eigenvalue weighted by Crippen LogP contribution is -2.47. The van der Waals surface area contributed by atoms with Gasteiger partial charge >= 0.3 is 0 Å². The third-order valence-corrected chi connectivity index (χ3v) is 4.85. The topological polar surface area (TPSA) is 56.1 Å². The van der Waals surface area contributed by atoms with Crippen LogP contribution in [-0.4, -0.2) is 46.4 Å². The lowest BCUT2D eigenvalue weighted by atomic mass is 10.0. The molecule has 0 spiro atoms. The smallest absolute Gasteiger partial charge is 0.258 e. The summed E-state index contributed by atoms with van der Waals surface area (Å²) in [6, 6.07) is 5.78. The van der Waals surface area contributed by atoms with Gasteiger partial charge in [-0.25, -0.2) is 4.98 Å². The van der Waals surface area contributed by atoms with E-state index >= 15 is 0 Å². The summed E-state index contributed by atoms with van der Waals surface area (Å²) in [6.45, 7) is 4.96. The minimum atomic E-state index is -0.144. The summed E-state index contributed by atoms with van der Waals surface area (Å²) in [5.41, 5.74) is 2.53. The van der Waals surface area contributed by atoms with Crippen LogP contribution in [0.4, 0.5) is 0 Å². The van der Waals surface area contributed by atoms with Crippen LogP contribution in [-0.2, 0) is 16.0 Å². The molecule has 0 bridgehead atoms. The Hall–Kier alpha value is -1.76. The Labute approximate surface area is 141 Å². The molecule has 0 aromatic carbocycles. The van der Waals surface area contributed by atoms with Crippen molar-refractivity contribution in [2.45, 2.75) is 45.1 Å². The predicted molar refractivity (Wildman–Crippen MR) is 89.9 cm³/mol. The van der Waals surface area contributed by atoms with E-state index in [1.165, 1.54) is 6.42 Å². The first-order chi connectivity index (χ1) is 11.7. The van der Waals surface area contributed by atoms with Crippen molar-refractivity contribution in [1.82, 2.24) is 14.3 Å². The van der Waals surface area contributed by atoms with Gasteiger partial charge in [-0.1, -0.05) is 12.5 Å². The zero-order chi connectivity index (χ0) is 16.5. The molecule has 4 heterocycles. The minimum absolute atomic E-state index is 0.0272. The Morgan fingerprint density at radius 2 is 2.08 bits per heavy atom. The molecule has 6 heteroatoms. The largest absolute Gasteiger partial charge is 0.349 e. The molecule has 128 valence electrons. The summed E-state index contributed by atoms with van der Waals surface area (Å²) >= 11 is 0. The number of rotatable bonds is 3. The third kappa shape index (κ3) is 3.09. The van der Waals surface area contributed by atoms with E-state index < -0.39 is 0 Å². The molecule has 24 heavy (non-hydrogen) atoms. The summed E-state index contributed by atoms with van der Waals surface area (Å²) in [7, 11) is 0. The van der Waals surface area contributed by atoms with Crippen molar-refractivity contribution in [2.75, 3.05) is 19.8 Å². The first-order valence-corrected chi connectivity index (χ1v) is 8.67. The average molecular weight is 329 g/mol. The Kier molecular flexibility index (Phi) is 4.35. The Bertz CT molecular complexity index is 783. The number of piperidine rings is 1. The summed E-state index contributed by atoms with van der Waals surface area (Å²) in [6.07, 6.45) is 5.11. The molecule has 2 saturated heterocycles. The Morgan fingerprint density at radius 3 is 2.92 bits per heavy atom. The molecule has 0 saturated carbocycles. The lowest BCUT2D eigenvalue weighted by molar-refractivity contribution is -0.111. The van der Waals surface area contributed by atoms with Gasteiger partial charge in [-0.05, 0) is 37.9 Å². The van der Waals surface area contributed by atoms with Crippen LogP contribution in [0.15, 0.2) is 29.2 Å². The second-order valence-electron chi connectivity index (χ2n) is 6.66. The van der Waals surface area contributed by atoms with Crippen molar-refractivity contribution in [3.63, 3.8) is 0 Å². The first kappa shape index (κ1) is 15.7. The molecule has 2 aromatic rings. The van der Waals surface area contributed by atoms with Gasteiger partial charge in [0.05, 0.1) is 24.9 Å². The monoisotopic (exact) mass is 329 g/mol. The molecule has 0 amide bonds. The number of nitrogens with zero attached hydrogens (tertiary/aromatic N) is 3. The number of fused-ring (bicyclic) bond motifs is 1. The number of pyridine rings is 1. The van der Waals surface area contributed by atoms with E-state index in [2.05, 4.69) is 9.88 Å². The Balaban J connectivity index is 1.60. The fourth-order valence-corrected chi connectivity index (χ4v) is 3.67. The van der Waals surface area contributed by atoms with Crippen LogP contribution in [0.5, 0.6) is 0 Å². The first-order valence-electron chi connectivity index (χ1n) is 8.67. The maximum Gasteiger partial charge on any atom is 0.258 e. The van der Waals surface area contributed by atoms with Crippen LogP contribution in [0, 0.1) is 6.92 Å². The molecule has 1 atom stereocenters. The zero-order valence-corrected chi connectivity index (χ0v) is 14.0. The number of aromatic nitrogens is 2. The van der Waals surface area contributed by atoms with E-state index in [0.29, 0.717) is 25.4 Å². The van der Waals surface area contributed by atoms with Gasteiger partial charge < -0.3 is 9.47 Å². The van der Waals surface area contributed by atoms with Crippen LogP contribution in [0.2, 0.25) is 0 Å². The van der Waals surface area contributed by atoms with E-state index in [0.717, 1.165) is 30.6 Å². The molecular weight excluding hydrogens is 306 g/mol. The third-order valence-electron chi connectivity index (χ3n) is 4.85. The van der Waals surface area contributed by atoms with Gasteiger partial charge in [-0.3, -0.25) is 14.1 Å². The second-order valence-corrected chi connectivity index (χ2v) is 6.66. The highest BCUT2D eigenvalue weighted by atomic mass is 16.7. The molecule has 6 nitrogen and oxygen atoms in total. The molecule has 0 unspecified atom stereocenters. The van der Waals surface area contributed by atoms with Gasteiger partial charge in [0.25, 0.3) is 5.56 Å². The van der Waals surface area contributed by atoms with Crippen molar-refractivity contribution in [1.29, 1.82) is 0 Å². The summed E-state index contributed by atoms with van der Waals surface area (Å²) in [4.78, 5) is 19.4. The van der Waals surface area contributed by atoms with E-state index in [4.69, 9.17) is 9.47 Å². The fourth-order valence-electron chi connectivity index (χ4n) is 3.67. The molecule has 2 aromatic heterocycles. The number of aryl methyl sites for hydroxylation is 1. The van der Waals surface area contributed by atoms with Gasteiger partial charge in [-0.15, -0.1) is 0 Å². The molecule has 0 N–H and O–H groups in total. The van der Waals surface area contributed by atoms with Gasteiger partial charge in [0.15, 0.2) is 6.29 Å². The number of hydrogen-bond donors (Lipinski definition) is 0. The van der Waals surface area contributed by atoms with Crippen LogP contribution in [0.3, 0.4) is 0 Å². The fraction of sp³-hybridized carbons (Fsp3) is 0.556. The van der Waals surface area contributed by atoms with Crippen molar-refractivity contribution in [2.24, 2.45) is 0 Å². The summed E-state index contributed by atoms with van der Waals surface area (Å²) in [5, 5.41) is 0. The highest BCUT2D eigenvalue weighted by Crippen LogP contribution is 2.25. The van der Waals surface area contributed by atoms with E-state index in [1.807, 2.05) is 25.3 Å². The lowest BCUT2D eigenvalue weighted by Gasteiger charge is -2.37. The minimum Gasteiger partial charge on any atom is -0.349 e. The van der Waals surface area contributed by atoms with Gasteiger partial charge in [-0.2, -0.15) is 0 Å². The van der Waals surface area contributed by atoms with Gasteiger partial charge in [0, 0.05) is 18.8 Å². The standard InChI is InChI=1S/C18H23N3O3/c1-13-5-6-16-19-14(10-17(22)21(16)11-13)12-20-7-3-2-4-15(20)18-23-8-9-24-18/h5-6,10-11,15,18H,2-4,7-9,12H2,1H3/t15-/m0/s1. The maximum atomic E-state index is 12.4. The predicted octanol–water partition coefficient (Wildman–Crippen LogP) is 1.73. The SMILES string of the molecule is Cc1ccc2nc(CN3CCCC[C@H]3C3OCCO3)cc(=O)n2c1. The van der Waals surface area contributed by atoms with E-state index in [1.54, 1.807) is 10.5 Å². The van der Waals surface area contributed by atoms with E-state index in [-0.39, 0.29) is 17.9 Å². The van der Waals surface area contributed by atoms with Crippen molar-refractivity contribution >= 4 is 5.65 Å². The molecule has 0 radical (unpaired) electrons.